The molecule has 0 fully saturated rings. The van der Waals surface area contributed by atoms with Gasteiger partial charge in [-0.15, -0.1) is 0 Å². The summed E-state index contributed by atoms with van der Waals surface area (Å²) in [6, 6.07) is 0. The molecular formula is C5HCl2F4NO. The smallest absolute Gasteiger partial charge is 0.361 e. The second-order valence-corrected chi connectivity index (χ2v) is 2.98. The van der Waals surface area contributed by atoms with Gasteiger partial charge in [-0.25, -0.2) is 0 Å². The van der Waals surface area contributed by atoms with E-state index in [9.17, 15) is 17.6 Å². The number of nitrogens with zero attached hydrogens (tertiary/aromatic N) is 1. The van der Waals surface area contributed by atoms with E-state index in [1.54, 1.807) is 0 Å². The molecule has 0 heterocycles. The van der Waals surface area contributed by atoms with Crippen LogP contribution in [0.4, 0.5) is 17.6 Å². The van der Waals surface area contributed by atoms with Gasteiger partial charge in [-0.3, -0.25) is 0 Å². The molecule has 0 saturated carbocycles. The summed E-state index contributed by atoms with van der Waals surface area (Å²) in [6.07, 6.45) is 0. The van der Waals surface area contributed by atoms with E-state index in [0.29, 0.717) is 0 Å². The summed E-state index contributed by atoms with van der Waals surface area (Å²) in [4.78, 5) is 0. The van der Waals surface area contributed by atoms with Crippen LogP contribution in [0.3, 0.4) is 0 Å². The van der Waals surface area contributed by atoms with Crippen LogP contribution in [0.2, 0.25) is 0 Å². The van der Waals surface area contributed by atoms with Crippen molar-refractivity contribution in [2.45, 2.75) is 11.8 Å². The van der Waals surface area contributed by atoms with Gasteiger partial charge in [0.25, 0.3) is 0 Å². The largest absolute Gasteiger partial charge is 0.410 e. The molecule has 1 aliphatic rings. The summed E-state index contributed by atoms with van der Waals surface area (Å²) in [7, 11) is 0. The maximum atomic E-state index is 12.6. The van der Waals surface area contributed by atoms with E-state index in [-0.39, 0.29) is 0 Å². The fourth-order valence-corrected chi connectivity index (χ4v) is 1.26. The lowest BCUT2D eigenvalue weighted by molar-refractivity contribution is -0.130. The predicted octanol–water partition coefficient (Wildman–Crippen LogP) is 2.79. The maximum Gasteiger partial charge on any atom is 0.361 e. The molecule has 0 unspecified atom stereocenters. The Morgan fingerprint density at radius 1 is 1.08 bits per heavy atom. The Hall–Kier alpha value is -0.490. The molecule has 0 radical (unpaired) electrons. The summed E-state index contributed by atoms with van der Waals surface area (Å²) in [5.41, 5.74) is -1.62. The number of rotatable bonds is 0. The van der Waals surface area contributed by atoms with Crippen LogP contribution in [0, 0.1) is 0 Å². The molecule has 0 aromatic rings. The molecule has 0 aliphatic heterocycles. The third-order valence-corrected chi connectivity index (χ3v) is 2.36. The average molecular weight is 238 g/mol. The molecule has 0 amide bonds. The fraction of sp³-hybridized carbons (Fsp3) is 0.400. The molecule has 1 N–H and O–H groups in total. The first-order chi connectivity index (χ1) is 5.76. The summed E-state index contributed by atoms with van der Waals surface area (Å²) in [5.74, 6) is -9.29. The van der Waals surface area contributed by atoms with Gasteiger partial charge in [0.05, 0.1) is 5.03 Å². The van der Waals surface area contributed by atoms with Gasteiger partial charge in [-0.1, -0.05) is 28.4 Å². The van der Waals surface area contributed by atoms with Crippen molar-refractivity contribution in [1.29, 1.82) is 0 Å². The van der Waals surface area contributed by atoms with Crippen LogP contribution in [-0.4, -0.2) is 22.8 Å². The zero-order valence-corrected chi connectivity index (χ0v) is 7.17. The van der Waals surface area contributed by atoms with Crippen molar-refractivity contribution in [3.63, 3.8) is 0 Å². The average Bonchev–Trinajstić information content (AvgIpc) is 2.12. The van der Waals surface area contributed by atoms with Gasteiger partial charge in [0.2, 0.25) is 0 Å². The van der Waals surface area contributed by atoms with Crippen LogP contribution in [0.25, 0.3) is 0 Å². The van der Waals surface area contributed by atoms with E-state index < -0.39 is 27.6 Å². The van der Waals surface area contributed by atoms with E-state index in [2.05, 4.69) is 0 Å². The molecule has 2 nitrogen and oxygen atoms in total. The van der Waals surface area contributed by atoms with Gasteiger partial charge in [-0.2, -0.15) is 17.6 Å². The molecule has 0 saturated heterocycles. The first kappa shape index (κ1) is 10.6. The molecule has 0 bridgehead atoms. The van der Waals surface area contributed by atoms with Gasteiger partial charge in [0.1, 0.15) is 5.03 Å². The van der Waals surface area contributed by atoms with Crippen molar-refractivity contribution >= 4 is 28.9 Å². The minimum absolute atomic E-state index is 1.13. The number of oxime groups is 1. The minimum Gasteiger partial charge on any atom is -0.410 e. The van der Waals surface area contributed by atoms with Gasteiger partial charge in [0.15, 0.2) is 5.71 Å². The third kappa shape index (κ3) is 1.12. The van der Waals surface area contributed by atoms with Crippen molar-refractivity contribution < 1.29 is 22.8 Å². The number of halogens is 6. The van der Waals surface area contributed by atoms with Crippen molar-refractivity contribution in [2.75, 3.05) is 0 Å². The molecule has 0 spiro atoms. The lowest BCUT2D eigenvalue weighted by atomic mass is 10.2. The molecular weight excluding hydrogens is 237 g/mol. The molecule has 0 aromatic carbocycles. The van der Waals surface area contributed by atoms with Gasteiger partial charge in [-0.05, 0) is 0 Å². The molecule has 74 valence electrons. The van der Waals surface area contributed by atoms with Crippen molar-refractivity contribution in [3.8, 4) is 0 Å². The Morgan fingerprint density at radius 3 is 1.69 bits per heavy atom. The first-order valence-electron chi connectivity index (χ1n) is 2.81. The quantitative estimate of drug-likeness (QED) is 0.392. The predicted molar refractivity (Wildman–Crippen MR) is 37.8 cm³/mol. The van der Waals surface area contributed by atoms with E-state index in [1.165, 1.54) is 0 Å². The minimum atomic E-state index is -4.67. The van der Waals surface area contributed by atoms with E-state index >= 15 is 0 Å². The number of hydrogen-bond donors (Lipinski definition) is 1. The molecule has 0 atom stereocenters. The SMILES string of the molecule is ON=C1C(Cl)=C(Cl)C(F)(F)C1(F)F. The summed E-state index contributed by atoms with van der Waals surface area (Å²) in [5, 5.41) is 7.35. The molecule has 0 aromatic heterocycles. The highest BCUT2D eigenvalue weighted by Gasteiger charge is 2.69. The maximum absolute atomic E-state index is 12.6. The molecule has 1 rings (SSSR count). The highest BCUT2D eigenvalue weighted by atomic mass is 35.5. The second-order valence-electron chi connectivity index (χ2n) is 2.23. The molecule has 13 heavy (non-hydrogen) atoms. The lowest BCUT2D eigenvalue weighted by Gasteiger charge is -2.18. The van der Waals surface area contributed by atoms with Crippen LogP contribution in [-0.2, 0) is 0 Å². The van der Waals surface area contributed by atoms with Crippen molar-refractivity contribution in [3.05, 3.63) is 10.1 Å². The Bertz CT molecular complexity index is 312. The lowest BCUT2D eigenvalue weighted by Crippen LogP contribution is -2.41. The van der Waals surface area contributed by atoms with Crippen molar-refractivity contribution in [1.82, 2.24) is 0 Å². The zero-order valence-electron chi connectivity index (χ0n) is 5.66. The van der Waals surface area contributed by atoms with Crippen LogP contribution in [0.1, 0.15) is 0 Å². The molecule has 1 aliphatic carbocycles. The number of alkyl halides is 4. The Kier molecular flexibility index (Phi) is 2.24. The van der Waals surface area contributed by atoms with Crippen LogP contribution in [0.5, 0.6) is 0 Å². The van der Waals surface area contributed by atoms with Gasteiger partial charge >= 0.3 is 11.8 Å². The monoisotopic (exact) mass is 237 g/mol. The zero-order chi connectivity index (χ0) is 10.4. The number of allylic oxidation sites excluding steroid dienone is 2. The third-order valence-electron chi connectivity index (χ3n) is 1.47. The van der Waals surface area contributed by atoms with Crippen LogP contribution >= 0.6 is 23.2 Å². The topological polar surface area (TPSA) is 32.6 Å². The van der Waals surface area contributed by atoms with E-state index in [0.717, 1.165) is 0 Å². The Labute approximate surface area is 79.4 Å². The Morgan fingerprint density at radius 2 is 1.54 bits per heavy atom. The normalized spacial score (nSPS) is 28.6. The van der Waals surface area contributed by atoms with Gasteiger partial charge in [0, 0.05) is 0 Å². The van der Waals surface area contributed by atoms with Gasteiger partial charge < -0.3 is 5.21 Å². The van der Waals surface area contributed by atoms with Crippen LogP contribution in [0.15, 0.2) is 15.2 Å². The van der Waals surface area contributed by atoms with E-state index in [4.69, 9.17) is 28.4 Å². The highest BCUT2D eigenvalue weighted by molar-refractivity contribution is 6.52. The summed E-state index contributed by atoms with van der Waals surface area (Å²) in [6.45, 7) is 0. The fourth-order valence-electron chi connectivity index (χ4n) is 0.773. The standard InChI is InChI=1S/C5HCl2F4NO/c6-1-2(7)4(8,9)5(10,11)3(1)12-13/h13H. The molecule has 8 heteroatoms. The van der Waals surface area contributed by atoms with Crippen LogP contribution < -0.4 is 0 Å². The highest BCUT2D eigenvalue weighted by Crippen LogP contribution is 2.51. The second kappa shape index (κ2) is 2.75. The number of hydrogen-bond acceptors (Lipinski definition) is 2. The summed E-state index contributed by atoms with van der Waals surface area (Å²) < 4.78 is 50.4. The first-order valence-corrected chi connectivity index (χ1v) is 3.56. The van der Waals surface area contributed by atoms with E-state index in [1.807, 2.05) is 5.16 Å². The summed E-state index contributed by atoms with van der Waals surface area (Å²) >= 11 is 9.83. The Balaban J connectivity index is 3.38. The van der Waals surface area contributed by atoms with Crippen molar-refractivity contribution in [2.24, 2.45) is 5.16 Å².